The average Bonchev–Trinajstić information content (AvgIpc) is 3.15. The summed E-state index contributed by atoms with van der Waals surface area (Å²) in [5.74, 6) is -0.420. The SMILES string of the molecule is CCCCCCCCCCCCCCCCCCn1cccc1C(=O)C=O. The maximum atomic E-state index is 11.5. The van der Waals surface area contributed by atoms with Gasteiger partial charge in [0.05, 0.1) is 5.69 Å². The van der Waals surface area contributed by atoms with Gasteiger partial charge in [-0.15, -0.1) is 0 Å². The molecule has 0 saturated heterocycles. The zero-order chi connectivity index (χ0) is 19.6. The van der Waals surface area contributed by atoms with E-state index in [0.717, 1.165) is 13.0 Å². The Morgan fingerprint density at radius 2 is 1.22 bits per heavy atom. The number of carbonyl (C=O) groups is 2. The van der Waals surface area contributed by atoms with Crippen molar-refractivity contribution in [3.63, 3.8) is 0 Å². The summed E-state index contributed by atoms with van der Waals surface area (Å²) in [5, 5.41) is 0. The monoisotopic (exact) mass is 375 g/mol. The summed E-state index contributed by atoms with van der Waals surface area (Å²) >= 11 is 0. The number of rotatable bonds is 19. The molecule has 0 atom stereocenters. The second-order valence-corrected chi connectivity index (χ2v) is 7.87. The predicted molar refractivity (Wildman–Crippen MR) is 114 cm³/mol. The highest BCUT2D eigenvalue weighted by Gasteiger charge is 2.08. The van der Waals surface area contributed by atoms with Gasteiger partial charge in [0.25, 0.3) is 0 Å². The third-order valence-electron chi connectivity index (χ3n) is 5.44. The highest BCUT2D eigenvalue weighted by Crippen LogP contribution is 2.14. The third kappa shape index (κ3) is 11.8. The van der Waals surface area contributed by atoms with Crippen molar-refractivity contribution >= 4 is 12.1 Å². The molecular formula is C24H41NO2. The van der Waals surface area contributed by atoms with Crippen molar-refractivity contribution in [1.29, 1.82) is 0 Å². The molecule has 0 aliphatic carbocycles. The average molecular weight is 376 g/mol. The predicted octanol–water partition coefficient (Wildman–Crippen LogP) is 7.13. The molecule has 0 fully saturated rings. The van der Waals surface area contributed by atoms with Gasteiger partial charge >= 0.3 is 0 Å². The minimum absolute atomic E-state index is 0.402. The number of Topliss-reactive ketones (excluding diaryl/α,β-unsaturated/α-hetero) is 1. The van der Waals surface area contributed by atoms with Crippen molar-refractivity contribution < 1.29 is 9.59 Å². The van der Waals surface area contributed by atoms with Crippen molar-refractivity contribution in [2.24, 2.45) is 0 Å². The third-order valence-corrected chi connectivity index (χ3v) is 5.44. The number of hydrogen-bond donors (Lipinski definition) is 0. The van der Waals surface area contributed by atoms with Crippen molar-refractivity contribution in [2.75, 3.05) is 0 Å². The molecule has 1 aromatic heterocycles. The van der Waals surface area contributed by atoms with Crippen molar-refractivity contribution in [2.45, 2.75) is 116 Å². The van der Waals surface area contributed by atoms with Gasteiger partial charge in [-0.05, 0) is 18.6 Å². The van der Waals surface area contributed by atoms with Gasteiger partial charge in [0.15, 0.2) is 6.29 Å². The molecule has 0 radical (unpaired) electrons. The smallest absolute Gasteiger partial charge is 0.241 e. The second kappa shape index (κ2) is 16.8. The number of aryl methyl sites for hydroxylation is 1. The molecule has 1 heterocycles. The van der Waals surface area contributed by atoms with Crippen LogP contribution in [0.25, 0.3) is 0 Å². The number of aldehydes is 1. The van der Waals surface area contributed by atoms with Gasteiger partial charge in [-0.1, -0.05) is 103 Å². The van der Waals surface area contributed by atoms with E-state index in [0.29, 0.717) is 12.0 Å². The number of carbonyl (C=O) groups excluding carboxylic acids is 2. The van der Waals surface area contributed by atoms with Crippen molar-refractivity contribution in [1.82, 2.24) is 4.57 Å². The van der Waals surface area contributed by atoms with Crippen molar-refractivity contribution in [3.05, 3.63) is 24.0 Å². The molecule has 3 heteroatoms. The molecule has 1 rings (SSSR count). The van der Waals surface area contributed by atoms with Gasteiger partial charge in [0.1, 0.15) is 0 Å². The normalized spacial score (nSPS) is 11.0. The molecular weight excluding hydrogens is 334 g/mol. The first-order valence-corrected chi connectivity index (χ1v) is 11.4. The maximum Gasteiger partial charge on any atom is 0.241 e. The quantitative estimate of drug-likeness (QED) is 0.112. The van der Waals surface area contributed by atoms with Gasteiger partial charge in [-0.3, -0.25) is 9.59 Å². The Hall–Kier alpha value is -1.38. The molecule has 0 aliphatic rings. The first kappa shape index (κ1) is 23.7. The van der Waals surface area contributed by atoms with Crippen LogP contribution in [0, 0.1) is 0 Å². The van der Waals surface area contributed by atoms with Gasteiger partial charge in [-0.25, -0.2) is 0 Å². The van der Waals surface area contributed by atoms with E-state index < -0.39 is 5.78 Å². The van der Waals surface area contributed by atoms with Crippen LogP contribution in [0.15, 0.2) is 18.3 Å². The summed E-state index contributed by atoms with van der Waals surface area (Å²) in [7, 11) is 0. The molecule has 0 aromatic carbocycles. The molecule has 27 heavy (non-hydrogen) atoms. The Balaban J connectivity index is 1.84. The Bertz CT molecular complexity index is 492. The van der Waals surface area contributed by atoms with E-state index in [2.05, 4.69) is 6.92 Å². The molecule has 3 nitrogen and oxygen atoms in total. The van der Waals surface area contributed by atoms with Gasteiger partial charge < -0.3 is 4.57 Å². The van der Waals surface area contributed by atoms with E-state index in [-0.39, 0.29) is 0 Å². The minimum Gasteiger partial charge on any atom is -0.345 e. The Labute approximate surface area is 166 Å². The van der Waals surface area contributed by atoms with Crippen LogP contribution in [-0.2, 0) is 11.3 Å². The number of ketones is 1. The van der Waals surface area contributed by atoms with Gasteiger partial charge in [0.2, 0.25) is 5.78 Å². The van der Waals surface area contributed by atoms with Crippen LogP contribution in [-0.4, -0.2) is 16.6 Å². The van der Waals surface area contributed by atoms with Crippen LogP contribution in [0.4, 0.5) is 0 Å². The van der Waals surface area contributed by atoms with Gasteiger partial charge in [0, 0.05) is 12.7 Å². The fraction of sp³-hybridized carbons (Fsp3) is 0.750. The summed E-state index contributed by atoms with van der Waals surface area (Å²) in [4.78, 5) is 22.1. The first-order chi connectivity index (χ1) is 13.3. The summed E-state index contributed by atoms with van der Waals surface area (Å²) in [5.41, 5.74) is 0.519. The summed E-state index contributed by atoms with van der Waals surface area (Å²) in [6, 6.07) is 3.56. The highest BCUT2D eigenvalue weighted by atomic mass is 16.2. The van der Waals surface area contributed by atoms with E-state index in [9.17, 15) is 9.59 Å². The van der Waals surface area contributed by atoms with Crippen LogP contribution in [0.2, 0.25) is 0 Å². The molecule has 0 aliphatic heterocycles. The lowest BCUT2D eigenvalue weighted by molar-refractivity contribution is -0.104. The molecule has 0 unspecified atom stereocenters. The van der Waals surface area contributed by atoms with Crippen LogP contribution in [0.5, 0.6) is 0 Å². The van der Waals surface area contributed by atoms with Crippen LogP contribution < -0.4 is 0 Å². The number of aromatic nitrogens is 1. The molecule has 154 valence electrons. The molecule has 0 bridgehead atoms. The largest absolute Gasteiger partial charge is 0.345 e. The van der Waals surface area contributed by atoms with Crippen LogP contribution in [0.3, 0.4) is 0 Å². The highest BCUT2D eigenvalue weighted by molar-refractivity contribution is 6.32. The summed E-state index contributed by atoms with van der Waals surface area (Å²) in [6.45, 7) is 3.11. The van der Waals surface area contributed by atoms with E-state index in [1.165, 1.54) is 96.3 Å². The fourth-order valence-electron chi connectivity index (χ4n) is 3.72. The molecule has 0 spiro atoms. The summed E-state index contributed by atoms with van der Waals surface area (Å²) in [6.07, 6.45) is 24.1. The molecule has 0 N–H and O–H groups in total. The Morgan fingerprint density at radius 3 is 1.67 bits per heavy atom. The van der Waals surface area contributed by atoms with Crippen LogP contribution >= 0.6 is 0 Å². The van der Waals surface area contributed by atoms with Gasteiger partial charge in [-0.2, -0.15) is 0 Å². The lowest BCUT2D eigenvalue weighted by Crippen LogP contribution is -2.09. The molecule has 0 saturated carbocycles. The van der Waals surface area contributed by atoms with Crippen LogP contribution in [0.1, 0.15) is 120 Å². The zero-order valence-electron chi connectivity index (χ0n) is 17.6. The number of unbranched alkanes of at least 4 members (excludes halogenated alkanes) is 15. The first-order valence-electron chi connectivity index (χ1n) is 11.4. The second-order valence-electron chi connectivity index (χ2n) is 7.87. The zero-order valence-corrected chi connectivity index (χ0v) is 17.6. The van der Waals surface area contributed by atoms with E-state index in [4.69, 9.17) is 0 Å². The topological polar surface area (TPSA) is 39.1 Å². The van der Waals surface area contributed by atoms with E-state index >= 15 is 0 Å². The molecule has 1 aromatic rings. The lowest BCUT2D eigenvalue weighted by Gasteiger charge is -2.06. The minimum atomic E-state index is -0.420. The lowest BCUT2D eigenvalue weighted by atomic mass is 10.0. The maximum absolute atomic E-state index is 11.5. The molecule has 0 amide bonds. The summed E-state index contributed by atoms with van der Waals surface area (Å²) < 4.78 is 1.90. The fourth-order valence-corrected chi connectivity index (χ4v) is 3.72. The Kier molecular flexibility index (Phi) is 14.7. The standard InChI is InChI=1S/C24H41NO2/c1-2-3-4-5-6-7-8-9-10-11-12-13-14-15-16-17-20-25-21-18-19-23(25)24(27)22-26/h18-19,21-22H,2-17,20H2,1H3. The van der Waals surface area contributed by atoms with E-state index in [1.807, 2.05) is 16.8 Å². The Morgan fingerprint density at radius 1 is 0.778 bits per heavy atom. The number of nitrogens with zero attached hydrogens (tertiary/aromatic N) is 1. The van der Waals surface area contributed by atoms with Crippen molar-refractivity contribution in [3.8, 4) is 0 Å². The number of hydrogen-bond acceptors (Lipinski definition) is 2. The van der Waals surface area contributed by atoms with E-state index in [1.54, 1.807) is 6.07 Å².